The molecule has 37 heavy (non-hydrogen) atoms. The highest BCUT2D eigenvalue weighted by Gasteiger charge is 2.34. The van der Waals surface area contributed by atoms with Gasteiger partial charge in [0.1, 0.15) is 24.7 Å². The zero-order valence-corrected chi connectivity index (χ0v) is 22.7. The van der Waals surface area contributed by atoms with Crippen molar-refractivity contribution in [1.29, 1.82) is 0 Å². The predicted molar refractivity (Wildman–Crippen MR) is 143 cm³/mol. The van der Waals surface area contributed by atoms with E-state index in [0.717, 1.165) is 29.3 Å². The van der Waals surface area contributed by atoms with E-state index in [2.05, 4.69) is 15.9 Å². The van der Waals surface area contributed by atoms with Crippen LogP contribution in [0.4, 0.5) is 4.39 Å². The molecule has 9 heteroatoms. The van der Waals surface area contributed by atoms with E-state index in [-0.39, 0.29) is 42.9 Å². The largest absolute Gasteiger partial charge is 0.491 e. The fourth-order valence-electron chi connectivity index (χ4n) is 4.89. The molecule has 2 atom stereocenters. The van der Waals surface area contributed by atoms with Crippen molar-refractivity contribution in [2.75, 3.05) is 32.8 Å². The quantitative estimate of drug-likeness (QED) is 0.351. The van der Waals surface area contributed by atoms with E-state index in [0.29, 0.717) is 31.0 Å². The number of benzene rings is 2. The summed E-state index contributed by atoms with van der Waals surface area (Å²) in [5.41, 5.74) is 1.59. The number of thiophene rings is 1. The van der Waals surface area contributed by atoms with Crippen LogP contribution < -0.4 is 4.74 Å². The molecule has 194 valence electrons. The van der Waals surface area contributed by atoms with Crippen molar-refractivity contribution in [3.05, 3.63) is 86.3 Å². The van der Waals surface area contributed by atoms with Gasteiger partial charge in [0.15, 0.2) is 0 Å². The molecule has 2 aliphatic heterocycles. The molecule has 5 rings (SSSR count). The highest BCUT2D eigenvalue weighted by molar-refractivity contribution is 9.10. The van der Waals surface area contributed by atoms with E-state index in [9.17, 15) is 14.0 Å². The van der Waals surface area contributed by atoms with Gasteiger partial charge >= 0.3 is 0 Å². The Balaban J connectivity index is 1.35. The van der Waals surface area contributed by atoms with E-state index in [1.54, 1.807) is 40.5 Å². The minimum atomic E-state index is -0.330. The maximum atomic E-state index is 13.8. The lowest BCUT2D eigenvalue weighted by atomic mass is 10.00. The molecule has 2 aromatic carbocycles. The molecule has 1 fully saturated rings. The maximum Gasteiger partial charge on any atom is 0.254 e. The van der Waals surface area contributed by atoms with Gasteiger partial charge in [-0.1, -0.05) is 22.0 Å². The summed E-state index contributed by atoms with van der Waals surface area (Å²) in [6.45, 7) is 1.78. The van der Waals surface area contributed by atoms with Gasteiger partial charge in [0.25, 0.3) is 5.91 Å². The fraction of sp³-hybridized carbons (Fsp3) is 0.357. The van der Waals surface area contributed by atoms with Crippen molar-refractivity contribution in [2.24, 2.45) is 0 Å². The van der Waals surface area contributed by atoms with Gasteiger partial charge < -0.3 is 19.3 Å². The van der Waals surface area contributed by atoms with Gasteiger partial charge in [0, 0.05) is 34.6 Å². The smallest absolute Gasteiger partial charge is 0.254 e. The molecular weight excluding hydrogens is 559 g/mol. The van der Waals surface area contributed by atoms with Crippen LogP contribution in [-0.4, -0.2) is 60.6 Å². The molecule has 0 bridgehead atoms. The second kappa shape index (κ2) is 11.8. The number of carbonyl (C=O) groups is 2. The van der Waals surface area contributed by atoms with E-state index in [1.165, 1.54) is 17.0 Å². The first-order valence-electron chi connectivity index (χ1n) is 12.4. The summed E-state index contributed by atoms with van der Waals surface area (Å²) in [5.74, 6) is -0.118. The Morgan fingerprint density at radius 3 is 2.78 bits per heavy atom. The molecule has 1 aromatic heterocycles. The minimum absolute atomic E-state index is 0.0439. The molecule has 3 heterocycles. The summed E-state index contributed by atoms with van der Waals surface area (Å²) < 4.78 is 25.9. The number of carbonyl (C=O) groups excluding carboxylic acids is 2. The molecule has 2 aliphatic rings. The number of nitrogens with zero attached hydrogens (tertiary/aromatic N) is 2. The molecule has 0 saturated carbocycles. The summed E-state index contributed by atoms with van der Waals surface area (Å²) >= 11 is 5.11. The van der Waals surface area contributed by atoms with Gasteiger partial charge in [-0.15, -0.1) is 11.3 Å². The molecule has 0 unspecified atom stereocenters. The number of hydrogen-bond acceptors (Lipinski definition) is 5. The van der Waals surface area contributed by atoms with E-state index >= 15 is 0 Å². The van der Waals surface area contributed by atoms with Crippen LogP contribution in [0.2, 0.25) is 0 Å². The molecule has 3 aromatic rings. The average molecular weight is 588 g/mol. The molecule has 1 saturated heterocycles. The monoisotopic (exact) mass is 586 g/mol. The zero-order valence-electron chi connectivity index (χ0n) is 20.3. The first-order valence-corrected chi connectivity index (χ1v) is 14.1. The van der Waals surface area contributed by atoms with Crippen LogP contribution in [0.25, 0.3) is 0 Å². The van der Waals surface area contributed by atoms with Gasteiger partial charge in [-0.25, -0.2) is 4.39 Å². The summed E-state index contributed by atoms with van der Waals surface area (Å²) in [7, 11) is 0. The number of fused-ring (bicyclic) bond motifs is 1. The third kappa shape index (κ3) is 6.22. The van der Waals surface area contributed by atoms with E-state index < -0.39 is 0 Å². The van der Waals surface area contributed by atoms with Gasteiger partial charge in [0.05, 0.1) is 12.1 Å². The zero-order chi connectivity index (χ0) is 25.8. The van der Waals surface area contributed by atoms with Crippen LogP contribution in [-0.2, 0) is 16.0 Å². The Morgan fingerprint density at radius 2 is 2.03 bits per heavy atom. The lowest BCUT2D eigenvalue weighted by Gasteiger charge is -2.37. The molecule has 0 N–H and O–H groups in total. The lowest BCUT2D eigenvalue weighted by molar-refractivity contribution is -0.135. The SMILES string of the molecule is O=C(c1cccc(Br)c1)N(CC(=O)N1CCc2sccc2[C@@H]1COc1ccc(F)cc1)C[C@H]1CCCO1. The molecule has 0 aliphatic carbocycles. The second-order valence-electron chi connectivity index (χ2n) is 9.25. The maximum absolute atomic E-state index is 13.8. The van der Waals surface area contributed by atoms with Crippen LogP contribution in [0.5, 0.6) is 5.75 Å². The predicted octanol–water partition coefficient (Wildman–Crippen LogP) is 5.48. The van der Waals surface area contributed by atoms with E-state index in [4.69, 9.17) is 9.47 Å². The van der Waals surface area contributed by atoms with Crippen molar-refractivity contribution < 1.29 is 23.5 Å². The summed E-state index contributed by atoms with van der Waals surface area (Å²) in [6.07, 6.45) is 2.50. The van der Waals surface area contributed by atoms with Crippen LogP contribution in [0.1, 0.15) is 39.7 Å². The number of ether oxygens (including phenoxy) is 2. The van der Waals surface area contributed by atoms with Crippen LogP contribution in [0.3, 0.4) is 0 Å². The Labute approximate surface area is 228 Å². The van der Waals surface area contributed by atoms with Gasteiger partial charge in [-0.05, 0) is 78.7 Å². The van der Waals surface area contributed by atoms with Crippen molar-refractivity contribution >= 4 is 39.1 Å². The summed E-state index contributed by atoms with van der Waals surface area (Å²) in [5, 5.41) is 2.03. The van der Waals surface area contributed by atoms with E-state index in [1.807, 2.05) is 28.5 Å². The number of hydrogen-bond donors (Lipinski definition) is 0. The number of halogens is 2. The molecule has 6 nitrogen and oxygen atoms in total. The summed E-state index contributed by atoms with van der Waals surface area (Å²) in [4.78, 5) is 31.9. The van der Waals surface area contributed by atoms with Crippen molar-refractivity contribution in [3.63, 3.8) is 0 Å². The average Bonchev–Trinajstić information content (AvgIpc) is 3.59. The highest BCUT2D eigenvalue weighted by Crippen LogP contribution is 2.34. The van der Waals surface area contributed by atoms with Gasteiger partial charge in [0.2, 0.25) is 5.91 Å². The minimum Gasteiger partial charge on any atom is -0.491 e. The Hall–Kier alpha value is -2.75. The summed E-state index contributed by atoms with van der Waals surface area (Å²) in [6, 6.07) is 14.8. The first kappa shape index (κ1) is 25.9. The standard InChI is InChI=1S/C28H28BrFN2O4S/c29-20-4-1-3-19(15-20)28(34)31(16-23-5-2-13-35-23)17-27(33)32-12-10-26-24(11-14-37-26)25(32)18-36-22-8-6-21(30)7-9-22/h1,3-4,6-9,11,14-15,23,25H,2,5,10,12-13,16-18H2/t23-,25+/m1/s1. The third-order valence-corrected chi connectivity index (χ3v) is 8.26. The molecule has 0 radical (unpaired) electrons. The second-order valence-corrected chi connectivity index (χ2v) is 11.2. The number of amides is 2. The van der Waals surface area contributed by atoms with Crippen molar-refractivity contribution in [1.82, 2.24) is 9.80 Å². The molecule has 2 amide bonds. The third-order valence-electron chi connectivity index (χ3n) is 6.77. The van der Waals surface area contributed by atoms with Gasteiger partial charge in [-0.3, -0.25) is 9.59 Å². The molecular formula is C28H28BrFN2O4S. The fourth-order valence-corrected chi connectivity index (χ4v) is 6.22. The normalized spacial score (nSPS) is 18.9. The highest BCUT2D eigenvalue weighted by atomic mass is 79.9. The van der Waals surface area contributed by atoms with Crippen LogP contribution >= 0.6 is 27.3 Å². The Bertz CT molecular complexity index is 1240. The topological polar surface area (TPSA) is 59.1 Å². The molecule has 0 spiro atoms. The number of rotatable bonds is 8. The van der Waals surface area contributed by atoms with Crippen LogP contribution in [0.15, 0.2) is 64.5 Å². The lowest BCUT2D eigenvalue weighted by Crippen LogP contribution is -2.49. The Morgan fingerprint density at radius 1 is 1.19 bits per heavy atom. The first-order chi connectivity index (χ1) is 18.0. The Kier molecular flexibility index (Phi) is 8.22. The van der Waals surface area contributed by atoms with Gasteiger partial charge in [-0.2, -0.15) is 0 Å². The van der Waals surface area contributed by atoms with Crippen molar-refractivity contribution in [2.45, 2.75) is 31.4 Å². The van der Waals surface area contributed by atoms with Crippen molar-refractivity contribution in [3.8, 4) is 5.75 Å². The van der Waals surface area contributed by atoms with Crippen LogP contribution in [0, 0.1) is 5.82 Å².